The molecule has 1 fully saturated rings. The van der Waals surface area contributed by atoms with Crippen LogP contribution in [0.2, 0.25) is 0 Å². The monoisotopic (exact) mass is 439 g/mol. The van der Waals surface area contributed by atoms with Crippen LogP contribution in [0.5, 0.6) is 0 Å². The summed E-state index contributed by atoms with van der Waals surface area (Å²) in [5, 5.41) is 7.50. The zero-order chi connectivity index (χ0) is 19.6. The summed E-state index contributed by atoms with van der Waals surface area (Å²) in [6.07, 6.45) is 2.01. The first kappa shape index (κ1) is 20.9. The number of halogens is 1. The fourth-order valence-electron chi connectivity index (χ4n) is 4.64. The number of anilines is 1. The van der Waals surface area contributed by atoms with Gasteiger partial charge in [-0.1, -0.05) is 48.5 Å². The van der Waals surface area contributed by atoms with Crippen LogP contribution in [-0.2, 0) is 6.54 Å². The number of hydrogen-bond acceptors (Lipinski definition) is 3. The lowest BCUT2D eigenvalue weighted by Crippen LogP contribution is -2.52. The fraction of sp³-hybridized carbons (Fsp3) is 0.292. The summed E-state index contributed by atoms with van der Waals surface area (Å²) in [6, 6.07) is 21.1. The summed E-state index contributed by atoms with van der Waals surface area (Å²) >= 11 is 1.76. The molecule has 1 atom stereocenters. The minimum Gasteiger partial charge on any atom is -0.310 e. The summed E-state index contributed by atoms with van der Waals surface area (Å²) in [5.74, 6) is 0. The Morgan fingerprint density at radius 3 is 2.43 bits per heavy atom. The van der Waals surface area contributed by atoms with E-state index in [0.29, 0.717) is 0 Å². The highest BCUT2D eigenvalue weighted by molar-refractivity contribution is 7.07. The molecule has 2 amide bonds. The van der Waals surface area contributed by atoms with Crippen LogP contribution < -0.4 is 5.32 Å². The normalized spacial score (nSPS) is 19.7. The van der Waals surface area contributed by atoms with Gasteiger partial charge in [-0.2, -0.15) is 11.3 Å². The van der Waals surface area contributed by atoms with Gasteiger partial charge < -0.3 is 10.2 Å². The third-order valence-electron chi connectivity index (χ3n) is 6.06. The molecule has 6 heteroatoms. The number of para-hydroxylation sites is 1. The number of amides is 2. The van der Waals surface area contributed by atoms with Gasteiger partial charge in [0, 0.05) is 36.9 Å². The maximum absolute atomic E-state index is 13.2. The summed E-state index contributed by atoms with van der Waals surface area (Å²) < 4.78 is 0. The molecule has 1 N–H and O–H groups in total. The Balaban J connectivity index is 0.00000218. The van der Waals surface area contributed by atoms with E-state index in [4.69, 9.17) is 0 Å². The molecule has 0 saturated carbocycles. The topological polar surface area (TPSA) is 35.6 Å². The molecular formula is C24H26ClN3OS. The number of carbonyl (C=O) groups excluding carboxylic acids is 1. The first-order valence-electron chi connectivity index (χ1n) is 10.3. The average Bonchev–Trinajstić information content (AvgIpc) is 3.27. The second-order valence-electron chi connectivity index (χ2n) is 7.88. The molecule has 0 aliphatic carbocycles. The van der Waals surface area contributed by atoms with Crippen molar-refractivity contribution >= 4 is 35.5 Å². The zero-order valence-corrected chi connectivity index (χ0v) is 18.4. The molecule has 2 aliphatic heterocycles. The van der Waals surface area contributed by atoms with Gasteiger partial charge in [-0.05, 0) is 46.9 Å². The Morgan fingerprint density at radius 1 is 0.967 bits per heavy atom. The highest BCUT2D eigenvalue weighted by Crippen LogP contribution is 2.40. The standard InChI is InChI=1S/C24H25N3OS.ClH/c28-24-25-22-9-5-4-8-21(22)23(19-6-2-1-3-7-19)27(24)20-10-13-26(14-11-20)16-18-12-15-29-17-18;/h1-9,12,15,17,20,23H,10-11,13-14,16H2,(H,25,28);1H. The molecule has 2 aliphatic rings. The predicted molar refractivity (Wildman–Crippen MR) is 125 cm³/mol. The lowest BCUT2D eigenvalue weighted by atomic mass is 9.90. The van der Waals surface area contributed by atoms with Crippen molar-refractivity contribution in [2.24, 2.45) is 0 Å². The second kappa shape index (κ2) is 9.21. The van der Waals surface area contributed by atoms with Gasteiger partial charge in [-0.25, -0.2) is 4.79 Å². The third kappa shape index (κ3) is 4.10. The van der Waals surface area contributed by atoms with E-state index in [1.54, 1.807) is 11.3 Å². The van der Waals surface area contributed by atoms with Crippen molar-refractivity contribution < 1.29 is 4.79 Å². The molecule has 1 saturated heterocycles. The first-order valence-corrected chi connectivity index (χ1v) is 11.2. The number of carbonyl (C=O) groups is 1. The number of nitrogens with one attached hydrogen (secondary N) is 1. The zero-order valence-electron chi connectivity index (χ0n) is 16.7. The van der Waals surface area contributed by atoms with Crippen molar-refractivity contribution in [3.8, 4) is 0 Å². The van der Waals surface area contributed by atoms with Crippen LogP contribution in [-0.4, -0.2) is 35.0 Å². The number of piperidine rings is 1. The molecule has 3 aromatic rings. The average molecular weight is 440 g/mol. The minimum absolute atomic E-state index is 0. The molecule has 4 nitrogen and oxygen atoms in total. The van der Waals surface area contributed by atoms with Crippen molar-refractivity contribution in [1.82, 2.24) is 9.80 Å². The van der Waals surface area contributed by atoms with Gasteiger partial charge in [0.25, 0.3) is 0 Å². The van der Waals surface area contributed by atoms with Crippen LogP contribution in [0.1, 0.15) is 35.6 Å². The number of hydrogen-bond donors (Lipinski definition) is 1. The maximum Gasteiger partial charge on any atom is 0.322 e. The number of fused-ring (bicyclic) bond motifs is 1. The SMILES string of the molecule is Cl.O=C1Nc2ccccc2C(c2ccccc2)N1C1CCN(Cc2ccsc2)CC1. The van der Waals surface area contributed by atoms with Gasteiger partial charge in [0.2, 0.25) is 0 Å². The number of benzene rings is 2. The highest BCUT2D eigenvalue weighted by Gasteiger charge is 2.38. The van der Waals surface area contributed by atoms with Crippen molar-refractivity contribution in [3.05, 3.63) is 88.1 Å². The number of rotatable bonds is 4. The minimum atomic E-state index is -0.0328. The van der Waals surface area contributed by atoms with Crippen LogP contribution >= 0.6 is 23.7 Å². The molecular weight excluding hydrogens is 414 g/mol. The van der Waals surface area contributed by atoms with Crippen molar-refractivity contribution in [3.63, 3.8) is 0 Å². The van der Waals surface area contributed by atoms with Crippen LogP contribution in [0.4, 0.5) is 10.5 Å². The van der Waals surface area contributed by atoms with Gasteiger partial charge in [0.1, 0.15) is 0 Å². The lowest BCUT2D eigenvalue weighted by molar-refractivity contribution is 0.106. The Morgan fingerprint density at radius 2 is 1.70 bits per heavy atom. The molecule has 5 rings (SSSR count). The van der Waals surface area contributed by atoms with Gasteiger partial charge in [0.15, 0.2) is 0 Å². The Hall–Kier alpha value is -2.34. The maximum atomic E-state index is 13.2. The summed E-state index contributed by atoms with van der Waals surface area (Å²) in [7, 11) is 0. The van der Waals surface area contributed by atoms with Crippen molar-refractivity contribution in [2.75, 3.05) is 18.4 Å². The van der Waals surface area contributed by atoms with Crippen molar-refractivity contribution in [1.29, 1.82) is 0 Å². The van der Waals surface area contributed by atoms with Gasteiger partial charge >= 0.3 is 6.03 Å². The largest absolute Gasteiger partial charge is 0.322 e. The summed E-state index contributed by atoms with van der Waals surface area (Å²) in [5.41, 5.74) is 4.67. The Kier molecular flexibility index (Phi) is 6.42. The molecule has 0 radical (unpaired) electrons. The van der Waals surface area contributed by atoms with Crippen LogP contribution in [0.15, 0.2) is 71.4 Å². The van der Waals surface area contributed by atoms with E-state index in [2.05, 4.69) is 68.3 Å². The van der Waals surface area contributed by atoms with Crippen LogP contribution in [0.3, 0.4) is 0 Å². The highest BCUT2D eigenvalue weighted by atomic mass is 35.5. The number of nitrogens with zero attached hydrogens (tertiary/aromatic N) is 2. The van der Waals surface area contributed by atoms with Crippen molar-refractivity contribution in [2.45, 2.75) is 31.5 Å². The molecule has 1 unspecified atom stereocenters. The van der Waals surface area contributed by atoms with E-state index >= 15 is 0 Å². The van der Waals surface area contributed by atoms with Gasteiger partial charge in [-0.3, -0.25) is 4.90 Å². The molecule has 3 heterocycles. The molecule has 1 aromatic heterocycles. The first-order chi connectivity index (χ1) is 14.3. The van der Waals surface area contributed by atoms with E-state index in [0.717, 1.165) is 38.2 Å². The quantitative estimate of drug-likeness (QED) is 0.560. The van der Waals surface area contributed by atoms with Gasteiger partial charge in [0.05, 0.1) is 6.04 Å². The number of thiophene rings is 1. The van der Waals surface area contributed by atoms with Gasteiger partial charge in [-0.15, -0.1) is 12.4 Å². The van der Waals surface area contributed by atoms with E-state index in [1.165, 1.54) is 16.7 Å². The van der Waals surface area contributed by atoms with E-state index in [9.17, 15) is 4.79 Å². The number of urea groups is 1. The van der Waals surface area contributed by atoms with E-state index in [-0.39, 0.29) is 30.5 Å². The lowest BCUT2D eigenvalue weighted by Gasteiger charge is -2.45. The summed E-state index contributed by atoms with van der Waals surface area (Å²) in [4.78, 5) is 17.8. The van der Waals surface area contributed by atoms with Crippen LogP contribution in [0, 0.1) is 0 Å². The molecule has 2 aromatic carbocycles. The Bertz CT molecular complexity index is 971. The van der Waals surface area contributed by atoms with E-state index < -0.39 is 0 Å². The molecule has 156 valence electrons. The fourth-order valence-corrected chi connectivity index (χ4v) is 5.30. The molecule has 30 heavy (non-hydrogen) atoms. The molecule has 0 spiro atoms. The van der Waals surface area contributed by atoms with E-state index in [1.807, 2.05) is 18.2 Å². The Labute approximate surface area is 187 Å². The smallest absolute Gasteiger partial charge is 0.310 e. The number of likely N-dealkylation sites (tertiary alicyclic amines) is 1. The summed E-state index contributed by atoms with van der Waals surface area (Å²) in [6.45, 7) is 3.05. The van der Waals surface area contributed by atoms with Crippen LogP contribution in [0.25, 0.3) is 0 Å². The second-order valence-corrected chi connectivity index (χ2v) is 8.66. The predicted octanol–water partition coefficient (Wildman–Crippen LogP) is 5.77. The molecule has 0 bridgehead atoms. The third-order valence-corrected chi connectivity index (χ3v) is 6.79.